The van der Waals surface area contributed by atoms with Crippen molar-refractivity contribution < 1.29 is 32.2 Å². The number of anilines is 1. The van der Waals surface area contributed by atoms with Crippen molar-refractivity contribution in [1.29, 1.82) is 0 Å². The van der Waals surface area contributed by atoms with Gasteiger partial charge < -0.3 is 19.5 Å². The van der Waals surface area contributed by atoms with Crippen LogP contribution in [0.25, 0.3) is 0 Å². The predicted octanol–water partition coefficient (Wildman–Crippen LogP) is 2.24. The Hall–Kier alpha value is -3.02. The number of benzene rings is 1. The van der Waals surface area contributed by atoms with Crippen LogP contribution in [-0.4, -0.2) is 69.1 Å². The van der Waals surface area contributed by atoms with Gasteiger partial charge in [0.1, 0.15) is 16.3 Å². The van der Waals surface area contributed by atoms with E-state index >= 15 is 0 Å². The first-order valence-electron chi connectivity index (χ1n) is 10.6. The molecule has 2 aromatic rings. The minimum atomic E-state index is -3.86. The van der Waals surface area contributed by atoms with Crippen LogP contribution in [0.15, 0.2) is 35.2 Å². The largest absolute Gasteiger partial charge is 0.492 e. The Kier molecular flexibility index (Phi) is 8.01. The summed E-state index contributed by atoms with van der Waals surface area (Å²) in [5.74, 6) is -0.860. The molecule has 10 nitrogen and oxygen atoms in total. The number of morpholine rings is 1. The van der Waals surface area contributed by atoms with Gasteiger partial charge in [0.25, 0.3) is 5.91 Å². The Labute approximate surface area is 192 Å². The molecule has 1 saturated heterocycles. The van der Waals surface area contributed by atoms with E-state index < -0.39 is 21.9 Å². The number of hydrogen-bond acceptors (Lipinski definition) is 8. The van der Waals surface area contributed by atoms with Crippen LogP contribution in [-0.2, 0) is 19.5 Å². The molecule has 11 heteroatoms. The van der Waals surface area contributed by atoms with E-state index in [4.69, 9.17) is 14.2 Å². The van der Waals surface area contributed by atoms with Crippen molar-refractivity contribution >= 4 is 27.6 Å². The minimum absolute atomic E-state index is 0.0363. The van der Waals surface area contributed by atoms with E-state index in [-0.39, 0.29) is 53.9 Å². The third-order valence-electron chi connectivity index (χ3n) is 4.90. The molecule has 0 bridgehead atoms. The maximum atomic E-state index is 13.2. The average molecular weight is 478 g/mol. The maximum Gasteiger partial charge on any atom is 0.339 e. The van der Waals surface area contributed by atoms with Crippen molar-refractivity contribution in [2.24, 2.45) is 0 Å². The summed E-state index contributed by atoms with van der Waals surface area (Å²) in [4.78, 5) is 28.8. The van der Waals surface area contributed by atoms with Gasteiger partial charge in [-0.3, -0.25) is 4.79 Å². The minimum Gasteiger partial charge on any atom is -0.492 e. The Morgan fingerprint density at radius 1 is 1.12 bits per heavy atom. The van der Waals surface area contributed by atoms with Crippen molar-refractivity contribution in [2.75, 3.05) is 44.8 Å². The zero-order chi connectivity index (χ0) is 24.0. The van der Waals surface area contributed by atoms with Crippen molar-refractivity contribution in [3.63, 3.8) is 0 Å². The van der Waals surface area contributed by atoms with Crippen LogP contribution >= 0.6 is 0 Å². The quantitative estimate of drug-likeness (QED) is 0.574. The fourth-order valence-corrected chi connectivity index (χ4v) is 4.86. The van der Waals surface area contributed by atoms with Crippen molar-refractivity contribution in [3.8, 4) is 5.75 Å². The summed E-state index contributed by atoms with van der Waals surface area (Å²) in [6, 6.07) is 7.32. The summed E-state index contributed by atoms with van der Waals surface area (Å²) in [6.45, 7) is 6.68. The summed E-state index contributed by atoms with van der Waals surface area (Å²) in [7, 11) is -3.86. The van der Waals surface area contributed by atoms with Crippen molar-refractivity contribution in [3.05, 3.63) is 47.3 Å². The van der Waals surface area contributed by atoms with Gasteiger partial charge in [-0.1, -0.05) is 0 Å². The topological polar surface area (TPSA) is 124 Å². The van der Waals surface area contributed by atoms with Gasteiger partial charge in [0.2, 0.25) is 10.0 Å². The summed E-state index contributed by atoms with van der Waals surface area (Å²) in [5.41, 5.74) is 0.966. The molecule has 1 aromatic heterocycles. The van der Waals surface area contributed by atoms with E-state index in [1.54, 1.807) is 26.8 Å². The smallest absolute Gasteiger partial charge is 0.339 e. The molecular formula is C22H27N3O7S. The standard InChI is InChI=1S/C22H27N3O7S/c1-4-31-19-9-6-16(14-20(19)33(28,29)25-10-12-30-13-11-25)24-21(26)18-8-7-17(15(3)23-18)22(27)32-5-2/h6-9,14H,4-5,10-13H2,1-3H3,(H,24,26). The molecule has 2 heterocycles. The monoisotopic (exact) mass is 477 g/mol. The lowest BCUT2D eigenvalue weighted by Gasteiger charge is -2.27. The van der Waals surface area contributed by atoms with Gasteiger partial charge in [-0.25, -0.2) is 18.2 Å². The summed E-state index contributed by atoms with van der Waals surface area (Å²) >= 11 is 0. The molecule has 0 aliphatic carbocycles. The molecule has 1 fully saturated rings. The van der Waals surface area contributed by atoms with Crippen molar-refractivity contribution in [1.82, 2.24) is 9.29 Å². The predicted molar refractivity (Wildman–Crippen MR) is 120 cm³/mol. The lowest BCUT2D eigenvalue weighted by molar-refractivity contribution is 0.0524. The molecular weight excluding hydrogens is 450 g/mol. The lowest BCUT2D eigenvalue weighted by Crippen LogP contribution is -2.40. The van der Waals surface area contributed by atoms with Gasteiger partial charge in [0.15, 0.2) is 0 Å². The Balaban J connectivity index is 1.86. The van der Waals surface area contributed by atoms with Gasteiger partial charge >= 0.3 is 5.97 Å². The number of aromatic nitrogens is 1. The molecule has 178 valence electrons. The number of carbonyl (C=O) groups excluding carboxylic acids is 2. The highest BCUT2D eigenvalue weighted by Gasteiger charge is 2.30. The van der Waals surface area contributed by atoms with Crippen LogP contribution in [0.3, 0.4) is 0 Å². The molecule has 1 amide bonds. The average Bonchev–Trinajstić information content (AvgIpc) is 2.80. The highest BCUT2D eigenvalue weighted by atomic mass is 32.2. The van der Waals surface area contributed by atoms with E-state index in [9.17, 15) is 18.0 Å². The molecule has 0 atom stereocenters. The zero-order valence-electron chi connectivity index (χ0n) is 18.8. The zero-order valence-corrected chi connectivity index (χ0v) is 19.6. The normalized spacial score (nSPS) is 14.5. The molecule has 1 aliphatic rings. The molecule has 0 radical (unpaired) electrons. The second-order valence-corrected chi connectivity index (χ2v) is 9.02. The number of carbonyl (C=O) groups is 2. The second-order valence-electron chi connectivity index (χ2n) is 7.12. The van der Waals surface area contributed by atoms with Crippen LogP contribution < -0.4 is 10.1 Å². The Morgan fingerprint density at radius 2 is 1.85 bits per heavy atom. The van der Waals surface area contributed by atoms with Crippen LogP contribution in [0.4, 0.5) is 5.69 Å². The highest BCUT2D eigenvalue weighted by molar-refractivity contribution is 7.89. The Morgan fingerprint density at radius 3 is 2.48 bits per heavy atom. The Bertz CT molecular complexity index is 1130. The van der Waals surface area contributed by atoms with Gasteiger partial charge in [-0.2, -0.15) is 4.31 Å². The molecule has 0 saturated carbocycles. The molecule has 3 rings (SSSR count). The number of esters is 1. The number of ether oxygens (including phenoxy) is 3. The van der Waals surface area contributed by atoms with Crippen LogP contribution in [0, 0.1) is 6.92 Å². The fraction of sp³-hybridized carbons (Fsp3) is 0.409. The first kappa shape index (κ1) is 24.6. The molecule has 1 aliphatic heterocycles. The van der Waals surface area contributed by atoms with E-state index in [1.807, 2.05) is 0 Å². The van der Waals surface area contributed by atoms with Gasteiger partial charge in [0, 0.05) is 18.8 Å². The van der Waals surface area contributed by atoms with Crippen LogP contribution in [0.5, 0.6) is 5.75 Å². The number of hydrogen-bond donors (Lipinski definition) is 1. The molecule has 1 aromatic carbocycles. The maximum absolute atomic E-state index is 13.2. The number of sulfonamides is 1. The first-order chi connectivity index (χ1) is 15.8. The SMILES string of the molecule is CCOC(=O)c1ccc(C(=O)Nc2ccc(OCC)c(S(=O)(=O)N3CCOCC3)c2)nc1C. The number of nitrogens with zero attached hydrogens (tertiary/aromatic N) is 2. The summed E-state index contributed by atoms with van der Waals surface area (Å²) in [5, 5.41) is 2.66. The van der Waals surface area contributed by atoms with Crippen molar-refractivity contribution in [2.45, 2.75) is 25.7 Å². The molecule has 33 heavy (non-hydrogen) atoms. The van der Waals surface area contributed by atoms with Crippen LogP contribution in [0.1, 0.15) is 40.4 Å². The van der Waals surface area contributed by atoms with Gasteiger partial charge in [-0.15, -0.1) is 0 Å². The number of pyridine rings is 1. The number of nitrogens with one attached hydrogen (secondary N) is 1. The van der Waals surface area contributed by atoms with Crippen LogP contribution in [0.2, 0.25) is 0 Å². The van der Waals surface area contributed by atoms with E-state index in [1.165, 1.54) is 28.6 Å². The molecule has 1 N–H and O–H groups in total. The van der Waals surface area contributed by atoms with E-state index in [2.05, 4.69) is 10.3 Å². The summed E-state index contributed by atoms with van der Waals surface area (Å²) in [6.07, 6.45) is 0. The van der Waals surface area contributed by atoms with Gasteiger partial charge in [-0.05, 0) is 51.1 Å². The van der Waals surface area contributed by atoms with E-state index in [0.717, 1.165) is 0 Å². The second kappa shape index (κ2) is 10.7. The third kappa shape index (κ3) is 5.67. The number of rotatable bonds is 8. The first-order valence-corrected chi connectivity index (χ1v) is 12.0. The molecule has 0 unspecified atom stereocenters. The summed E-state index contributed by atoms with van der Waals surface area (Å²) < 4.78 is 43.5. The number of aryl methyl sites for hydroxylation is 1. The highest BCUT2D eigenvalue weighted by Crippen LogP contribution is 2.30. The molecule has 0 spiro atoms. The third-order valence-corrected chi connectivity index (χ3v) is 6.82. The fourth-order valence-electron chi connectivity index (χ4n) is 3.30. The van der Waals surface area contributed by atoms with Gasteiger partial charge in [0.05, 0.1) is 37.7 Å². The lowest BCUT2D eigenvalue weighted by atomic mass is 10.2. The van der Waals surface area contributed by atoms with E-state index in [0.29, 0.717) is 18.9 Å². The number of amides is 1.